The largest absolute Gasteiger partial charge is 0.480 e. The predicted molar refractivity (Wildman–Crippen MR) is 150 cm³/mol. The number of aliphatic carboxylic acids is 1. The molecule has 0 aliphatic heterocycles. The van der Waals surface area contributed by atoms with E-state index < -0.39 is 47.9 Å². The Morgan fingerprint density at radius 2 is 1.62 bits per heavy atom. The molecule has 0 aliphatic carbocycles. The normalized spacial score (nSPS) is 14.0. The topological polar surface area (TPSA) is 205 Å². The molecule has 0 aliphatic rings. The standard InChI is InChI=1S/C26H39N7O5S/c1-39-12-10-20(31-23(34)19(28)13-17-7-3-2-4-8-17)24(35)33-22(14-18-15-29-16-30-18)25(36)32-21(26(37)38)9-5-6-11-27/h2-4,7-8,15-16,19-22H,5-6,9-14,27-28H2,1H3,(H,29,30)(H,31,34)(H,32,36)(H,33,35)(H,37,38). The molecule has 0 spiro atoms. The molecule has 1 heterocycles. The number of aromatic nitrogens is 2. The van der Waals surface area contributed by atoms with E-state index in [1.54, 1.807) is 0 Å². The van der Waals surface area contributed by atoms with Gasteiger partial charge in [-0.3, -0.25) is 14.4 Å². The van der Waals surface area contributed by atoms with Crippen LogP contribution in [0.15, 0.2) is 42.9 Å². The zero-order valence-corrected chi connectivity index (χ0v) is 22.9. The van der Waals surface area contributed by atoms with Crippen molar-refractivity contribution in [3.63, 3.8) is 0 Å². The number of carboxylic acids is 1. The first-order valence-electron chi connectivity index (χ1n) is 12.8. The van der Waals surface area contributed by atoms with Crippen LogP contribution in [-0.2, 0) is 32.0 Å². The third-order valence-corrected chi connectivity index (χ3v) is 6.70. The van der Waals surface area contributed by atoms with Crippen molar-refractivity contribution in [2.75, 3.05) is 18.6 Å². The highest BCUT2D eigenvalue weighted by Crippen LogP contribution is 2.08. The van der Waals surface area contributed by atoms with Crippen molar-refractivity contribution in [1.82, 2.24) is 25.9 Å². The number of hydrogen-bond donors (Lipinski definition) is 7. The molecule has 0 saturated heterocycles. The molecule has 1 aromatic carbocycles. The van der Waals surface area contributed by atoms with Crippen molar-refractivity contribution >= 4 is 35.5 Å². The van der Waals surface area contributed by atoms with Gasteiger partial charge < -0.3 is 37.5 Å². The van der Waals surface area contributed by atoms with Gasteiger partial charge in [0.2, 0.25) is 17.7 Å². The summed E-state index contributed by atoms with van der Waals surface area (Å²) >= 11 is 1.51. The average Bonchev–Trinajstić information content (AvgIpc) is 3.43. The van der Waals surface area contributed by atoms with E-state index in [1.807, 2.05) is 36.6 Å². The number of hydrogen-bond acceptors (Lipinski definition) is 8. The predicted octanol–water partition coefficient (Wildman–Crippen LogP) is -0.0567. The molecule has 13 heteroatoms. The number of aromatic amines is 1. The summed E-state index contributed by atoms with van der Waals surface area (Å²) in [6, 6.07) is 5.25. The Morgan fingerprint density at radius 1 is 0.949 bits per heavy atom. The fourth-order valence-corrected chi connectivity index (χ4v) is 4.34. The van der Waals surface area contributed by atoms with E-state index in [4.69, 9.17) is 11.5 Å². The van der Waals surface area contributed by atoms with Gasteiger partial charge >= 0.3 is 5.97 Å². The molecule has 0 bridgehead atoms. The summed E-state index contributed by atoms with van der Waals surface area (Å²) in [5.74, 6) is -2.32. The smallest absolute Gasteiger partial charge is 0.326 e. The van der Waals surface area contributed by atoms with E-state index >= 15 is 0 Å². The van der Waals surface area contributed by atoms with Gasteiger partial charge in [0.25, 0.3) is 0 Å². The maximum Gasteiger partial charge on any atom is 0.326 e. The van der Waals surface area contributed by atoms with Crippen LogP contribution in [0.4, 0.5) is 0 Å². The van der Waals surface area contributed by atoms with Crippen molar-refractivity contribution in [2.24, 2.45) is 11.5 Å². The first-order valence-corrected chi connectivity index (χ1v) is 14.2. The number of nitrogens with two attached hydrogens (primary N) is 2. The first-order chi connectivity index (χ1) is 18.7. The van der Waals surface area contributed by atoms with Crippen molar-refractivity contribution < 1.29 is 24.3 Å². The summed E-state index contributed by atoms with van der Waals surface area (Å²) in [5.41, 5.74) is 13.1. The van der Waals surface area contributed by atoms with Crippen LogP contribution in [0.3, 0.4) is 0 Å². The van der Waals surface area contributed by atoms with Gasteiger partial charge in [0.05, 0.1) is 12.4 Å². The minimum Gasteiger partial charge on any atom is -0.480 e. The number of H-pyrrole nitrogens is 1. The molecule has 0 radical (unpaired) electrons. The molecule has 0 fully saturated rings. The molecule has 9 N–H and O–H groups in total. The molecular weight excluding hydrogens is 522 g/mol. The molecular formula is C26H39N7O5S. The quantitative estimate of drug-likeness (QED) is 0.122. The molecule has 4 atom stereocenters. The van der Waals surface area contributed by atoms with Crippen molar-refractivity contribution in [3.8, 4) is 0 Å². The summed E-state index contributed by atoms with van der Waals surface area (Å²) in [6.45, 7) is 0.414. The number of unbranched alkanes of at least 4 members (excludes halogenated alkanes) is 1. The van der Waals surface area contributed by atoms with Gasteiger partial charge in [0.1, 0.15) is 18.1 Å². The van der Waals surface area contributed by atoms with E-state index in [0.29, 0.717) is 43.7 Å². The Bertz CT molecular complexity index is 1040. The minimum absolute atomic E-state index is 0.0451. The van der Waals surface area contributed by atoms with Crippen LogP contribution >= 0.6 is 11.8 Å². The summed E-state index contributed by atoms with van der Waals surface area (Å²) < 4.78 is 0. The highest BCUT2D eigenvalue weighted by atomic mass is 32.2. The van der Waals surface area contributed by atoms with Crippen molar-refractivity contribution in [1.29, 1.82) is 0 Å². The van der Waals surface area contributed by atoms with E-state index in [-0.39, 0.29) is 12.8 Å². The van der Waals surface area contributed by atoms with Gasteiger partial charge in [0, 0.05) is 18.3 Å². The van der Waals surface area contributed by atoms with Crippen LogP contribution in [0.5, 0.6) is 0 Å². The van der Waals surface area contributed by atoms with Crippen LogP contribution in [0, 0.1) is 0 Å². The molecule has 12 nitrogen and oxygen atoms in total. The van der Waals surface area contributed by atoms with Crippen molar-refractivity contribution in [3.05, 3.63) is 54.1 Å². The maximum atomic E-state index is 13.3. The fraction of sp³-hybridized carbons (Fsp3) is 0.500. The maximum absolute atomic E-state index is 13.3. The number of rotatable bonds is 18. The van der Waals surface area contributed by atoms with E-state index in [2.05, 4.69) is 25.9 Å². The second kappa shape index (κ2) is 17.2. The Balaban J connectivity index is 2.13. The molecule has 1 aromatic heterocycles. The number of nitrogens with one attached hydrogen (secondary N) is 4. The lowest BCUT2D eigenvalue weighted by Crippen LogP contribution is -2.58. The van der Waals surface area contributed by atoms with Gasteiger partial charge in [-0.2, -0.15) is 11.8 Å². The number of thioether (sulfide) groups is 1. The van der Waals surface area contributed by atoms with E-state index in [0.717, 1.165) is 5.56 Å². The van der Waals surface area contributed by atoms with Gasteiger partial charge in [0.15, 0.2) is 0 Å². The fourth-order valence-electron chi connectivity index (χ4n) is 3.86. The Kier molecular flexibility index (Phi) is 14.0. The molecule has 2 rings (SSSR count). The van der Waals surface area contributed by atoms with E-state index in [9.17, 15) is 24.3 Å². The number of carbonyl (C=O) groups is 4. The van der Waals surface area contributed by atoms with Gasteiger partial charge in [-0.05, 0) is 56.2 Å². The zero-order chi connectivity index (χ0) is 28.6. The summed E-state index contributed by atoms with van der Waals surface area (Å²) in [6.07, 6.45) is 6.84. The van der Waals surface area contributed by atoms with Crippen LogP contribution in [0.25, 0.3) is 0 Å². The Labute approximate surface area is 232 Å². The zero-order valence-electron chi connectivity index (χ0n) is 22.1. The first kappa shape index (κ1) is 31.8. The number of carboxylic acid groups (broad SMARTS) is 1. The molecule has 214 valence electrons. The molecule has 39 heavy (non-hydrogen) atoms. The number of amides is 3. The molecule has 0 saturated carbocycles. The molecule has 3 amide bonds. The third kappa shape index (κ3) is 11.5. The van der Waals surface area contributed by atoms with Gasteiger partial charge in [-0.15, -0.1) is 0 Å². The highest BCUT2D eigenvalue weighted by molar-refractivity contribution is 7.98. The second-order valence-corrected chi connectivity index (χ2v) is 10.2. The lowest BCUT2D eigenvalue weighted by Gasteiger charge is -2.25. The number of nitrogens with zero attached hydrogens (tertiary/aromatic N) is 1. The monoisotopic (exact) mass is 561 g/mol. The second-order valence-electron chi connectivity index (χ2n) is 9.16. The van der Waals surface area contributed by atoms with Crippen LogP contribution in [0.2, 0.25) is 0 Å². The third-order valence-electron chi connectivity index (χ3n) is 6.05. The minimum atomic E-state index is -1.18. The summed E-state index contributed by atoms with van der Waals surface area (Å²) in [4.78, 5) is 57.9. The summed E-state index contributed by atoms with van der Waals surface area (Å²) in [7, 11) is 0. The lowest BCUT2D eigenvalue weighted by molar-refractivity contribution is -0.142. The Morgan fingerprint density at radius 3 is 2.23 bits per heavy atom. The van der Waals surface area contributed by atoms with Crippen LogP contribution in [0.1, 0.15) is 36.9 Å². The van der Waals surface area contributed by atoms with Crippen LogP contribution in [-0.4, -0.2) is 81.5 Å². The highest BCUT2D eigenvalue weighted by Gasteiger charge is 2.30. The molecule has 4 unspecified atom stereocenters. The number of benzene rings is 1. The Hall–Kier alpha value is -3.42. The summed E-state index contributed by atoms with van der Waals surface area (Å²) in [5, 5.41) is 17.5. The van der Waals surface area contributed by atoms with Crippen LogP contribution < -0.4 is 27.4 Å². The van der Waals surface area contributed by atoms with Gasteiger partial charge in [-0.25, -0.2) is 9.78 Å². The lowest BCUT2D eigenvalue weighted by atomic mass is 10.0. The number of imidazole rings is 1. The SMILES string of the molecule is CSCCC(NC(=O)C(N)Cc1ccccc1)C(=O)NC(Cc1cnc[nH]1)C(=O)NC(CCCCN)C(=O)O. The van der Waals surface area contributed by atoms with Gasteiger partial charge in [-0.1, -0.05) is 30.3 Å². The average molecular weight is 562 g/mol. The number of carbonyl (C=O) groups excluding carboxylic acids is 3. The molecule has 2 aromatic rings. The van der Waals surface area contributed by atoms with Crippen molar-refractivity contribution in [2.45, 2.75) is 62.7 Å². The van der Waals surface area contributed by atoms with E-state index in [1.165, 1.54) is 24.3 Å².